The Labute approximate surface area is 157 Å². The summed E-state index contributed by atoms with van der Waals surface area (Å²) in [5.41, 5.74) is 3.53. The minimum absolute atomic E-state index is 0.0395. The van der Waals surface area contributed by atoms with Crippen molar-refractivity contribution in [3.05, 3.63) is 78.1 Å². The molecule has 0 radical (unpaired) electrons. The molecule has 6 nitrogen and oxygen atoms in total. The number of carbonyl (C=O) groups is 1. The Bertz CT molecular complexity index is 932. The quantitative estimate of drug-likeness (QED) is 0.721. The van der Waals surface area contributed by atoms with Crippen LogP contribution in [0.3, 0.4) is 0 Å². The van der Waals surface area contributed by atoms with E-state index < -0.39 is 0 Å². The van der Waals surface area contributed by atoms with E-state index in [0.29, 0.717) is 11.4 Å². The molecule has 6 heteroatoms. The van der Waals surface area contributed by atoms with Crippen LogP contribution in [0.5, 0.6) is 11.5 Å². The molecule has 2 heterocycles. The summed E-state index contributed by atoms with van der Waals surface area (Å²) in [6.07, 6.45) is 3.16. The number of hydrogen-bond donors (Lipinski definition) is 2. The summed E-state index contributed by atoms with van der Waals surface area (Å²) in [7, 11) is 0. The van der Waals surface area contributed by atoms with Crippen molar-refractivity contribution in [1.82, 2.24) is 4.98 Å². The lowest BCUT2D eigenvalue weighted by Gasteiger charge is -2.13. The Kier molecular flexibility index (Phi) is 4.61. The average molecular weight is 361 g/mol. The normalized spacial score (nSPS) is 14.6. The number of rotatable bonds is 5. The van der Waals surface area contributed by atoms with Crippen LogP contribution in [0.25, 0.3) is 0 Å². The molecule has 1 aliphatic heterocycles. The van der Waals surface area contributed by atoms with Crippen molar-refractivity contribution in [3.63, 3.8) is 0 Å². The van der Waals surface area contributed by atoms with Crippen molar-refractivity contribution in [3.8, 4) is 11.5 Å². The van der Waals surface area contributed by atoms with Gasteiger partial charge in [-0.1, -0.05) is 30.3 Å². The Balaban J connectivity index is 1.33. The van der Waals surface area contributed by atoms with Gasteiger partial charge in [0.1, 0.15) is 11.5 Å². The Morgan fingerprint density at radius 3 is 2.78 bits per heavy atom. The van der Waals surface area contributed by atoms with Gasteiger partial charge in [0.15, 0.2) is 12.8 Å². The van der Waals surface area contributed by atoms with Crippen LogP contribution in [-0.2, 0) is 4.79 Å². The van der Waals surface area contributed by atoms with Gasteiger partial charge < -0.3 is 20.1 Å². The number of benzene rings is 2. The fourth-order valence-corrected chi connectivity index (χ4v) is 2.84. The molecule has 4 rings (SSSR count). The Morgan fingerprint density at radius 1 is 1.19 bits per heavy atom. The average Bonchev–Trinajstić information content (AvgIpc) is 3.12. The molecule has 1 aliphatic rings. The second-order valence-corrected chi connectivity index (χ2v) is 6.24. The van der Waals surface area contributed by atoms with Crippen molar-refractivity contribution in [2.75, 3.05) is 17.2 Å². The first-order valence-electron chi connectivity index (χ1n) is 8.64. The topological polar surface area (TPSA) is 72.5 Å². The lowest BCUT2D eigenvalue weighted by atomic mass is 10.2. The van der Waals surface area contributed by atoms with E-state index in [9.17, 15) is 4.79 Å². The standard InChI is InChI=1S/C21H19N3O3/c1-14-4-2-3-5-18(14)26-13-20(25)23-16-8-6-15(7-9-16)21-24-17-12-22-11-10-19(17)27-21/h2-12,21,24H,13H2,1H3,(H,23,25). The van der Waals surface area contributed by atoms with Crippen molar-refractivity contribution < 1.29 is 14.3 Å². The predicted octanol–water partition coefficient (Wildman–Crippen LogP) is 3.91. The maximum absolute atomic E-state index is 12.1. The molecule has 3 aromatic rings. The van der Waals surface area contributed by atoms with Gasteiger partial charge in [-0.05, 0) is 30.7 Å². The fourth-order valence-electron chi connectivity index (χ4n) is 2.84. The number of nitrogens with one attached hydrogen (secondary N) is 2. The van der Waals surface area contributed by atoms with Crippen LogP contribution in [0.1, 0.15) is 17.4 Å². The number of amides is 1. The molecule has 0 saturated carbocycles. The third-order valence-corrected chi connectivity index (χ3v) is 4.26. The monoisotopic (exact) mass is 361 g/mol. The zero-order chi connectivity index (χ0) is 18.6. The maximum Gasteiger partial charge on any atom is 0.262 e. The van der Waals surface area contributed by atoms with E-state index in [0.717, 1.165) is 22.6 Å². The summed E-state index contributed by atoms with van der Waals surface area (Å²) in [6.45, 7) is 1.90. The van der Waals surface area contributed by atoms with Crippen LogP contribution in [0.15, 0.2) is 67.0 Å². The number of carbonyl (C=O) groups excluding carboxylic acids is 1. The number of para-hydroxylation sites is 1. The summed E-state index contributed by atoms with van der Waals surface area (Å²) >= 11 is 0. The highest BCUT2D eigenvalue weighted by Crippen LogP contribution is 2.36. The van der Waals surface area contributed by atoms with Crippen molar-refractivity contribution in [1.29, 1.82) is 0 Å². The second kappa shape index (κ2) is 7.37. The van der Waals surface area contributed by atoms with E-state index in [-0.39, 0.29) is 18.7 Å². The molecule has 136 valence electrons. The Hall–Kier alpha value is -3.54. The number of aromatic nitrogens is 1. The lowest BCUT2D eigenvalue weighted by molar-refractivity contribution is -0.118. The van der Waals surface area contributed by atoms with Gasteiger partial charge in [0.25, 0.3) is 5.91 Å². The molecule has 1 aromatic heterocycles. The molecular formula is C21H19N3O3. The molecule has 0 fully saturated rings. The number of nitrogens with zero attached hydrogens (tertiary/aromatic N) is 1. The van der Waals surface area contributed by atoms with Crippen LogP contribution in [0, 0.1) is 6.92 Å². The van der Waals surface area contributed by atoms with Crippen LogP contribution >= 0.6 is 0 Å². The molecule has 0 saturated heterocycles. The first kappa shape index (κ1) is 16.9. The van der Waals surface area contributed by atoms with Crippen LogP contribution in [0.2, 0.25) is 0 Å². The second-order valence-electron chi connectivity index (χ2n) is 6.24. The summed E-state index contributed by atoms with van der Waals surface area (Å²) in [4.78, 5) is 16.2. The largest absolute Gasteiger partial charge is 0.483 e. The minimum Gasteiger partial charge on any atom is -0.483 e. The molecule has 1 amide bonds. The van der Waals surface area contributed by atoms with E-state index in [1.54, 1.807) is 12.4 Å². The van der Waals surface area contributed by atoms with E-state index in [1.807, 2.05) is 61.5 Å². The van der Waals surface area contributed by atoms with Gasteiger partial charge in [0.2, 0.25) is 0 Å². The van der Waals surface area contributed by atoms with E-state index >= 15 is 0 Å². The highest BCUT2D eigenvalue weighted by molar-refractivity contribution is 5.91. The highest BCUT2D eigenvalue weighted by atomic mass is 16.5. The van der Waals surface area contributed by atoms with Crippen molar-refractivity contribution >= 4 is 17.3 Å². The van der Waals surface area contributed by atoms with Crippen molar-refractivity contribution in [2.24, 2.45) is 0 Å². The third kappa shape index (κ3) is 3.84. The smallest absolute Gasteiger partial charge is 0.262 e. The Morgan fingerprint density at radius 2 is 2.00 bits per heavy atom. The molecule has 1 atom stereocenters. The van der Waals surface area contributed by atoms with Crippen molar-refractivity contribution in [2.45, 2.75) is 13.2 Å². The molecule has 0 spiro atoms. The summed E-state index contributed by atoms with van der Waals surface area (Å²) in [5.74, 6) is 1.28. The molecule has 0 aliphatic carbocycles. The van der Waals surface area contributed by atoms with Gasteiger partial charge in [-0.3, -0.25) is 9.78 Å². The summed E-state index contributed by atoms with van der Waals surface area (Å²) in [6, 6.07) is 16.9. The third-order valence-electron chi connectivity index (χ3n) is 4.26. The zero-order valence-electron chi connectivity index (χ0n) is 14.8. The molecule has 1 unspecified atom stereocenters. The minimum atomic E-state index is -0.265. The van der Waals surface area contributed by atoms with Gasteiger partial charge in [0, 0.05) is 23.5 Å². The number of pyridine rings is 1. The first-order chi connectivity index (χ1) is 13.2. The zero-order valence-corrected chi connectivity index (χ0v) is 14.8. The van der Waals surface area contributed by atoms with E-state index in [2.05, 4.69) is 15.6 Å². The number of fused-ring (bicyclic) bond motifs is 1. The number of ether oxygens (including phenoxy) is 2. The highest BCUT2D eigenvalue weighted by Gasteiger charge is 2.23. The van der Waals surface area contributed by atoms with Gasteiger partial charge in [-0.25, -0.2) is 0 Å². The first-order valence-corrected chi connectivity index (χ1v) is 8.64. The molecule has 27 heavy (non-hydrogen) atoms. The van der Waals surface area contributed by atoms with Crippen LogP contribution < -0.4 is 20.1 Å². The van der Waals surface area contributed by atoms with Crippen LogP contribution in [0.4, 0.5) is 11.4 Å². The number of anilines is 2. The van der Waals surface area contributed by atoms with Crippen LogP contribution in [-0.4, -0.2) is 17.5 Å². The van der Waals surface area contributed by atoms with E-state index in [1.165, 1.54) is 0 Å². The maximum atomic E-state index is 12.1. The predicted molar refractivity (Wildman–Crippen MR) is 103 cm³/mol. The number of hydrogen-bond acceptors (Lipinski definition) is 5. The SMILES string of the molecule is Cc1ccccc1OCC(=O)Nc1ccc(C2Nc3cnccc3O2)cc1. The number of aryl methyl sites for hydroxylation is 1. The molecular weight excluding hydrogens is 342 g/mol. The fraction of sp³-hybridized carbons (Fsp3) is 0.143. The summed E-state index contributed by atoms with van der Waals surface area (Å²) < 4.78 is 11.4. The van der Waals surface area contributed by atoms with Gasteiger partial charge in [0.05, 0.1) is 11.9 Å². The van der Waals surface area contributed by atoms with Gasteiger partial charge >= 0.3 is 0 Å². The lowest BCUT2D eigenvalue weighted by Crippen LogP contribution is -2.20. The molecule has 2 aromatic carbocycles. The van der Waals surface area contributed by atoms with E-state index in [4.69, 9.17) is 9.47 Å². The molecule has 2 N–H and O–H groups in total. The summed E-state index contributed by atoms with van der Waals surface area (Å²) in [5, 5.41) is 6.09. The van der Waals surface area contributed by atoms with Gasteiger partial charge in [-0.15, -0.1) is 0 Å². The molecule has 0 bridgehead atoms. The van der Waals surface area contributed by atoms with Gasteiger partial charge in [-0.2, -0.15) is 0 Å².